The molecule has 0 fully saturated rings. The maximum absolute atomic E-state index is 10.9. The van der Waals surface area contributed by atoms with Crippen LogP contribution in [-0.2, 0) is 14.1 Å². The van der Waals surface area contributed by atoms with Crippen LogP contribution in [0.2, 0.25) is 0 Å². The van der Waals surface area contributed by atoms with Crippen LogP contribution in [0.25, 0.3) is 0 Å². The van der Waals surface area contributed by atoms with Crippen molar-refractivity contribution in [2.75, 3.05) is 0 Å². The minimum atomic E-state index is -3.23. The van der Waals surface area contributed by atoms with Crippen molar-refractivity contribution in [3.05, 3.63) is 12.2 Å². The highest BCUT2D eigenvalue weighted by Crippen LogP contribution is 2.33. The minimum Gasteiger partial charge on any atom is -0.590 e. The van der Waals surface area contributed by atoms with Crippen LogP contribution in [0.3, 0.4) is 0 Å². The molecule has 0 amide bonds. The van der Waals surface area contributed by atoms with Gasteiger partial charge in [0.05, 0.1) is 6.42 Å². The fourth-order valence-corrected chi connectivity index (χ4v) is 0.890. The Morgan fingerprint density at radius 1 is 1.77 bits per heavy atom. The first kappa shape index (κ1) is 12.2. The van der Waals surface area contributed by atoms with Gasteiger partial charge in [-0.2, -0.15) is 0 Å². The van der Waals surface area contributed by atoms with Gasteiger partial charge in [0, 0.05) is 5.57 Å². The molecule has 0 aliphatic heterocycles. The van der Waals surface area contributed by atoms with Crippen LogP contribution in [0.5, 0.6) is 0 Å². The van der Waals surface area contributed by atoms with Gasteiger partial charge in [0.2, 0.25) is 0 Å². The summed E-state index contributed by atoms with van der Waals surface area (Å²) < 4.78 is 14.8. The van der Waals surface area contributed by atoms with Gasteiger partial charge in [-0.05, 0) is 6.92 Å². The lowest BCUT2D eigenvalue weighted by Crippen LogP contribution is -2.33. The lowest BCUT2D eigenvalue weighted by molar-refractivity contribution is -0.220. The van der Waals surface area contributed by atoms with Gasteiger partial charge in [-0.3, -0.25) is 0 Å². The Hall–Kier alpha value is -0.770. The number of ether oxygens (including phenoxy) is 1. The maximum Gasteiger partial charge on any atom is 0.411 e. The second-order valence-electron chi connectivity index (χ2n) is 2.52. The zero-order valence-electron chi connectivity index (χ0n) is 7.44. The average Bonchev–Trinajstić information content (AvgIpc) is 2.03. The molecule has 0 saturated carbocycles. The topological polar surface area (TPSA) is 86.7 Å². The van der Waals surface area contributed by atoms with Crippen LogP contribution in [0.4, 0.5) is 0 Å². The molecule has 1 N–H and O–H groups in total. The van der Waals surface area contributed by atoms with Crippen LogP contribution < -0.4 is 4.89 Å². The highest BCUT2D eigenvalue weighted by molar-refractivity contribution is 7.37. The van der Waals surface area contributed by atoms with Crippen LogP contribution >= 0.6 is 8.03 Å². The first-order valence-electron chi connectivity index (χ1n) is 3.59. The van der Waals surface area contributed by atoms with Crippen molar-refractivity contribution >= 4 is 14.0 Å². The van der Waals surface area contributed by atoms with Crippen LogP contribution in [0.15, 0.2) is 12.2 Å². The van der Waals surface area contributed by atoms with Crippen molar-refractivity contribution in [3.63, 3.8) is 0 Å². The van der Waals surface area contributed by atoms with E-state index in [-0.39, 0.29) is 12.0 Å². The third kappa shape index (κ3) is 3.22. The monoisotopic (exact) mass is 206 g/mol. The van der Waals surface area contributed by atoms with Crippen molar-refractivity contribution < 1.29 is 24.1 Å². The molecule has 0 aromatic carbocycles. The number of carbonyl (C=O) groups excluding carboxylic acids is 1. The highest BCUT2D eigenvalue weighted by Gasteiger charge is 2.43. The Bertz CT molecular complexity index is 249. The Labute approximate surface area is 76.9 Å². The first-order valence-corrected chi connectivity index (χ1v) is 4.77. The quantitative estimate of drug-likeness (QED) is 0.308. The lowest BCUT2D eigenvalue weighted by Gasteiger charge is -2.17. The molecule has 0 aliphatic carbocycles. The van der Waals surface area contributed by atoms with Crippen molar-refractivity contribution in [1.82, 2.24) is 0 Å². The van der Waals surface area contributed by atoms with Gasteiger partial charge in [-0.25, -0.2) is 4.79 Å². The molecule has 0 aromatic heterocycles. The van der Waals surface area contributed by atoms with Crippen molar-refractivity contribution in [2.24, 2.45) is 0 Å². The molecule has 0 saturated heterocycles. The van der Waals surface area contributed by atoms with Gasteiger partial charge in [-0.15, -0.1) is 0 Å². The molecule has 0 spiro atoms. The molecule has 0 rings (SSSR count). The van der Waals surface area contributed by atoms with E-state index in [2.05, 4.69) is 11.3 Å². The van der Waals surface area contributed by atoms with Gasteiger partial charge >= 0.3 is 19.5 Å². The molecule has 0 bridgehead atoms. The summed E-state index contributed by atoms with van der Waals surface area (Å²) >= 11 is 0. The fourth-order valence-electron chi connectivity index (χ4n) is 0.474. The summed E-state index contributed by atoms with van der Waals surface area (Å²) in [5, 5.41) is 9.24. The number of esters is 1. The van der Waals surface area contributed by atoms with Crippen molar-refractivity contribution in [2.45, 2.75) is 25.8 Å². The second-order valence-corrected chi connectivity index (χ2v) is 3.74. The Balaban J connectivity index is 4.55. The molecular formula is C7H11O5P. The van der Waals surface area contributed by atoms with E-state index in [1.165, 1.54) is 13.8 Å². The Morgan fingerprint density at radius 2 is 2.23 bits per heavy atom. The van der Waals surface area contributed by atoms with E-state index in [0.29, 0.717) is 0 Å². The average molecular weight is 206 g/mol. The predicted molar refractivity (Wildman–Crippen MR) is 43.8 cm³/mol. The molecule has 2 atom stereocenters. The summed E-state index contributed by atoms with van der Waals surface area (Å²) in [4.78, 5) is 21.4. The molecule has 6 heteroatoms. The van der Waals surface area contributed by atoms with Crippen LogP contribution in [-0.4, -0.2) is 16.6 Å². The summed E-state index contributed by atoms with van der Waals surface area (Å²) in [5.74, 6) is -0.927. The largest absolute Gasteiger partial charge is 0.590 e. The van der Waals surface area contributed by atoms with Gasteiger partial charge < -0.3 is 14.7 Å². The number of rotatable bonds is 4. The molecule has 2 unspecified atom stereocenters. The van der Waals surface area contributed by atoms with Crippen molar-refractivity contribution in [1.29, 1.82) is 0 Å². The number of hydrogen-bond donors (Lipinski definition) is 1. The van der Waals surface area contributed by atoms with Gasteiger partial charge in [-0.1, -0.05) is 18.1 Å². The molecule has 13 heavy (non-hydrogen) atoms. The van der Waals surface area contributed by atoms with Crippen molar-refractivity contribution in [3.8, 4) is 0 Å². The van der Waals surface area contributed by atoms with E-state index in [9.17, 15) is 19.4 Å². The minimum absolute atomic E-state index is 0.0312. The zero-order chi connectivity index (χ0) is 10.6. The molecule has 74 valence electrons. The van der Waals surface area contributed by atoms with E-state index < -0.39 is 19.5 Å². The van der Waals surface area contributed by atoms with Gasteiger partial charge in [0.25, 0.3) is 0 Å². The van der Waals surface area contributed by atoms with E-state index in [4.69, 9.17) is 0 Å². The van der Waals surface area contributed by atoms with Crippen LogP contribution in [0.1, 0.15) is 20.3 Å². The van der Waals surface area contributed by atoms with E-state index in [1.54, 1.807) is 0 Å². The van der Waals surface area contributed by atoms with E-state index in [1.807, 2.05) is 0 Å². The SMILES string of the molecule is C=C(C)C(=O)OC(O)(CC)[P+](=O)[O-]. The number of hydrogen-bond acceptors (Lipinski definition) is 5. The second kappa shape index (κ2) is 4.46. The van der Waals surface area contributed by atoms with E-state index in [0.717, 1.165) is 0 Å². The number of aliphatic hydroxyl groups is 1. The molecule has 5 nitrogen and oxygen atoms in total. The molecular weight excluding hydrogens is 195 g/mol. The normalized spacial score (nSPS) is 15.8. The maximum atomic E-state index is 10.9. The third-order valence-electron chi connectivity index (χ3n) is 1.35. The van der Waals surface area contributed by atoms with Gasteiger partial charge in [0.15, 0.2) is 0 Å². The standard InChI is InChI=1S/C7H11O5P/c1-4-7(9,13(10)11)12-6(8)5(2)3/h9H,2,4H2,1,3H3. The predicted octanol–water partition coefficient (Wildman–Crippen LogP) is 0.264. The Morgan fingerprint density at radius 3 is 2.46 bits per heavy atom. The summed E-state index contributed by atoms with van der Waals surface area (Å²) in [6.45, 7) is 5.99. The zero-order valence-corrected chi connectivity index (χ0v) is 8.34. The summed E-state index contributed by atoms with van der Waals surface area (Å²) in [6.07, 6.45) is -0.218. The van der Waals surface area contributed by atoms with Crippen LogP contribution in [0, 0.1) is 0 Å². The van der Waals surface area contributed by atoms with Gasteiger partial charge in [0.1, 0.15) is 0 Å². The molecule has 0 heterocycles. The summed E-state index contributed by atoms with van der Waals surface area (Å²) in [5.41, 5.74) is -2.38. The summed E-state index contributed by atoms with van der Waals surface area (Å²) in [6, 6.07) is 0. The number of carbonyl (C=O) groups is 1. The Kier molecular flexibility index (Phi) is 4.20. The first-order chi connectivity index (χ1) is 5.83. The molecule has 0 aromatic rings. The highest BCUT2D eigenvalue weighted by atomic mass is 31.1. The smallest absolute Gasteiger partial charge is 0.411 e. The summed E-state index contributed by atoms with van der Waals surface area (Å²) in [7, 11) is -3.23. The third-order valence-corrected chi connectivity index (χ3v) is 2.33. The molecule has 0 radical (unpaired) electrons. The lowest BCUT2D eigenvalue weighted by atomic mass is 10.3. The van der Waals surface area contributed by atoms with E-state index >= 15 is 0 Å². The molecule has 0 aliphatic rings. The fraction of sp³-hybridized carbons (Fsp3) is 0.571.